The molecule has 1 aromatic carbocycles. The summed E-state index contributed by atoms with van der Waals surface area (Å²) < 4.78 is 69.6. The maximum Gasteiger partial charge on any atom is 0.416 e. The molecule has 2 heterocycles. The van der Waals surface area contributed by atoms with Crippen molar-refractivity contribution in [3.8, 4) is 5.88 Å². The van der Waals surface area contributed by atoms with E-state index in [0.29, 0.717) is 12.1 Å². The number of sulfonamides is 1. The predicted octanol–water partition coefficient (Wildman–Crippen LogP) is 2.39. The fraction of sp³-hybridized carbons (Fsp3) is 0.200. The van der Waals surface area contributed by atoms with Gasteiger partial charge in [0.15, 0.2) is 0 Å². The zero-order valence-electron chi connectivity index (χ0n) is 12.9. The van der Waals surface area contributed by atoms with Crippen molar-refractivity contribution in [2.45, 2.75) is 11.1 Å². The summed E-state index contributed by atoms with van der Waals surface area (Å²) in [6.45, 7) is -0.173. The summed E-state index contributed by atoms with van der Waals surface area (Å²) in [5.41, 5.74) is -1.31. The topological polar surface area (TPSA) is 96.8 Å². The Labute approximate surface area is 145 Å². The number of ether oxygens (including phenoxy) is 1. The van der Waals surface area contributed by atoms with E-state index >= 15 is 0 Å². The first-order chi connectivity index (χ1) is 12.1. The standard InChI is InChI=1S/C15H11F3N2O5S/c16-15(17,18)10-1-3-11(4-2-10)26(23,24)20-5-6-25-13-12(20)7-9(8-19-13)14(21)22/h1-4,7-8H,5-6H2,(H,21,22). The third-order valence-electron chi connectivity index (χ3n) is 3.65. The highest BCUT2D eigenvalue weighted by molar-refractivity contribution is 7.92. The number of nitrogens with zero attached hydrogens (tertiary/aromatic N) is 2. The van der Waals surface area contributed by atoms with E-state index < -0.39 is 27.7 Å². The third kappa shape index (κ3) is 3.17. The van der Waals surface area contributed by atoms with E-state index in [2.05, 4.69) is 4.98 Å². The number of carboxylic acids is 1. The molecule has 0 unspecified atom stereocenters. The zero-order valence-corrected chi connectivity index (χ0v) is 13.7. The van der Waals surface area contributed by atoms with Crippen molar-refractivity contribution in [2.75, 3.05) is 17.5 Å². The Hall–Kier alpha value is -2.82. The number of alkyl halides is 3. The van der Waals surface area contributed by atoms with E-state index in [1.807, 2.05) is 0 Å². The maximum atomic E-state index is 12.8. The van der Waals surface area contributed by atoms with Crippen LogP contribution in [0.15, 0.2) is 41.4 Å². The van der Waals surface area contributed by atoms with Crippen LogP contribution in [0.3, 0.4) is 0 Å². The molecule has 0 amide bonds. The van der Waals surface area contributed by atoms with Crippen LogP contribution in [-0.4, -0.2) is 37.6 Å². The fourth-order valence-electron chi connectivity index (χ4n) is 2.39. The van der Waals surface area contributed by atoms with Crippen LogP contribution in [0, 0.1) is 0 Å². The fourth-order valence-corrected chi connectivity index (χ4v) is 3.83. The number of carbonyl (C=O) groups is 1. The summed E-state index contributed by atoms with van der Waals surface area (Å²) in [5, 5.41) is 9.04. The molecule has 0 saturated heterocycles. The zero-order chi connectivity index (χ0) is 19.1. The molecule has 1 N–H and O–H groups in total. The number of halogens is 3. The molecule has 26 heavy (non-hydrogen) atoms. The number of aromatic nitrogens is 1. The Morgan fingerprint density at radius 3 is 2.46 bits per heavy atom. The van der Waals surface area contributed by atoms with Crippen LogP contribution < -0.4 is 9.04 Å². The monoisotopic (exact) mass is 388 g/mol. The van der Waals surface area contributed by atoms with Crippen LogP contribution in [0.4, 0.5) is 18.9 Å². The van der Waals surface area contributed by atoms with Crippen LogP contribution in [0.1, 0.15) is 15.9 Å². The number of rotatable bonds is 3. The summed E-state index contributed by atoms with van der Waals surface area (Å²) in [4.78, 5) is 14.5. The molecule has 3 rings (SSSR count). The lowest BCUT2D eigenvalue weighted by Gasteiger charge is -2.29. The van der Waals surface area contributed by atoms with Gasteiger partial charge in [0.05, 0.1) is 22.6 Å². The van der Waals surface area contributed by atoms with Gasteiger partial charge in [-0.25, -0.2) is 18.2 Å². The lowest BCUT2D eigenvalue weighted by atomic mass is 10.2. The average molecular weight is 388 g/mol. The maximum absolute atomic E-state index is 12.8. The molecule has 0 radical (unpaired) electrons. The van der Waals surface area contributed by atoms with Crippen LogP contribution in [0.2, 0.25) is 0 Å². The summed E-state index contributed by atoms with van der Waals surface area (Å²) in [7, 11) is -4.23. The van der Waals surface area contributed by atoms with Crippen molar-refractivity contribution in [3.05, 3.63) is 47.7 Å². The molecular formula is C15H11F3N2O5S. The average Bonchev–Trinajstić information content (AvgIpc) is 2.60. The first-order valence-electron chi connectivity index (χ1n) is 7.17. The molecule has 0 atom stereocenters. The highest BCUT2D eigenvalue weighted by Crippen LogP contribution is 2.35. The molecule has 0 fully saturated rings. The number of hydrogen-bond acceptors (Lipinski definition) is 5. The van der Waals surface area contributed by atoms with Crippen molar-refractivity contribution >= 4 is 21.7 Å². The van der Waals surface area contributed by atoms with E-state index in [9.17, 15) is 26.4 Å². The number of anilines is 1. The van der Waals surface area contributed by atoms with Gasteiger partial charge in [-0.1, -0.05) is 0 Å². The minimum absolute atomic E-state index is 0.0354. The summed E-state index contributed by atoms with van der Waals surface area (Å²) >= 11 is 0. The van der Waals surface area contributed by atoms with Gasteiger partial charge in [0.25, 0.3) is 10.0 Å². The highest BCUT2D eigenvalue weighted by atomic mass is 32.2. The first-order valence-corrected chi connectivity index (χ1v) is 8.61. The summed E-state index contributed by atoms with van der Waals surface area (Å²) in [6, 6.07) is 4.12. The Kier molecular flexibility index (Phi) is 4.26. The molecule has 0 spiro atoms. The van der Waals surface area contributed by atoms with Gasteiger partial charge in [-0.3, -0.25) is 4.31 Å². The second-order valence-corrected chi connectivity index (χ2v) is 7.16. The van der Waals surface area contributed by atoms with E-state index in [1.54, 1.807) is 0 Å². The number of hydrogen-bond donors (Lipinski definition) is 1. The Balaban J connectivity index is 2.04. The molecule has 0 saturated carbocycles. The molecule has 0 aliphatic carbocycles. The summed E-state index contributed by atoms with van der Waals surface area (Å²) in [6.07, 6.45) is -3.57. The van der Waals surface area contributed by atoms with Crippen molar-refractivity contribution in [1.29, 1.82) is 0 Å². The molecule has 138 valence electrons. The molecular weight excluding hydrogens is 377 g/mol. The van der Waals surface area contributed by atoms with Crippen LogP contribution in [0.25, 0.3) is 0 Å². The second-order valence-electron chi connectivity index (χ2n) is 5.30. The predicted molar refractivity (Wildman–Crippen MR) is 82.7 cm³/mol. The van der Waals surface area contributed by atoms with Crippen LogP contribution in [-0.2, 0) is 16.2 Å². The molecule has 1 aliphatic heterocycles. The minimum Gasteiger partial charge on any atom is -0.478 e. The van der Waals surface area contributed by atoms with E-state index in [-0.39, 0.29) is 35.2 Å². The number of fused-ring (bicyclic) bond motifs is 1. The van der Waals surface area contributed by atoms with Crippen molar-refractivity contribution in [2.24, 2.45) is 0 Å². The van der Waals surface area contributed by atoms with E-state index in [1.165, 1.54) is 0 Å². The van der Waals surface area contributed by atoms with E-state index in [4.69, 9.17) is 9.84 Å². The van der Waals surface area contributed by atoms with Gasteiger partial charge in [-0.2, -0.15) is 13.2 Å². The van der Waals surface area contributed by atoms with Gasteiger partial charge in [0.2, 0.25) is 5.88 Å². The lowest BCUT2D eigenvalue weighted by molar-refractivity contribution is -0.137. The van der Waals surface area contributed by atoms with E-state index in [0.717, 1.165) is 28.7 Å². The number of aromatic carboxylic acids is 1. The van der Waals surface area contributed by atoms with Gasteiger partial charge < -0.3 is 9.84 Å². The van der Waals surface area contributed by atoms with Gasteiger partial charge >= 0.3 is 12.1 Å². The molecule has 0 bridgehead atoms. The lowest BCUT2D eigenvalue weighted by Crippen LogP contribution is -2.38. The number of benzene rings is 1. The highest BCUT2D eigenvalue weighted by Gasteiger charge is 2.34. The molecule has 1 aliphatic rings. The molecule has 7 nitrogen and oxygen atoms in total. The number of carboxylic acid groups (broad SMARTS) is 1. The SMILES string of the molecule is O=C(O)c1cnc2c(c1)N(S(=O)(=O)c1ccc(C(F)(F)F)cc1)CCO2. The van der Waals surface area contributed by atoms with Crippen LogP contribution in [0.5, 0.6) is 5.88 Å². The van der Waals surface area contributed by atoms with Crippen molar-refractivity contribution < 1.29 is 36.2 Å². The van der Waals surface area contributed by atoms with Crippen molar-refractivity contribution in [1.82, 2.24) is 4.98 Å². The molecule has 2 aromatic rings. The smallest absolute Gasteiger partial charge is 0.416 e. The molecule has 1 aromatic heterocycles. The minimum atomic E-state index is -4.59. The quantitative estimate of drug-likeness (QED) is 0.867. The third-order valence-corrected chi connectivity index (χ3v) is 5.48. The summed E-state index contributed by atoms with van der Waals surface area (Å²) in [5.74, 6) is -1.38. The Bertz CT molecular complexity index is 958. The van der Waals surface area contributed by atoms with Gasteiger partial charge in [0.1, 0.15) is 12.3 Å². The molecule has 11 heteroatoms. The van der Waals surface area contributed by atoms with Crippen molar-refractivity contribution in [3.63, 3.8) is 0 Å². The van der Waals surface area contributed by atoms with Gasteiger partial charge in [-0.15, -0.1) is 0 Å². The van der Waals surface area contributed by atoms with Gasteiger partial charge in [0, 0.05) is 6.20 Å². The Morgan fingerprint density at radius 1 is 1.23 bits per heavy atom. The Morgan fingerprint density at radius 2 is 1.88 bits per heavy atom. The largest absolute Gasteiger partial charge is 0.478 e. The first kappa shape index (κ1) is 18.0. The second kappa shape index (κ2) is 6.16. The number of pyridine rings is 1. The van der Waals surface area contributed by atoms with Crippen LogP contribution >= 0.6 is 0 Å². The normalized spacial score (nSPS) is 14.5. The van der Waals surface area contributed by atoms with Gasteiger partial charge in [-0.05, 0) is 30.3 Å².